The van der Waals surface area contributed by atoms with Crippen LogP contribution in [0.2, 0.25) is 0 Å². The van der Waals surface area contributed by atoms with Gasteiger partial charge in [0.2, 0.25) is 11.8 Å². The van der Waals surface area contributed by atoms with E-state index in [0.717, 1.165) is 13.1 Å². The lowest BCUT2D eigenvalue weighted by Gasteiger charge is -2.36. The molecule has 3 aliphatic heterocycles. The maximum atomic E-state index is 12.6. The lowest BCUT2D eigenvalue weighted by Crippen LogP contribution is -2.53. The van der Waals surface area contributed by atoms with Crippen LogP contribution in [0.15, 0.2) is 0 Å². The van der Waals surface area contributed by atoms with Gasteiger partial charge in [0.15, 0.2) is 0 Å². The fourth-order valence-corrected chi connectivity index (χ4v) is 4.29. The number of piperidine rings is 1. The summed E-state index contributed by atoms with van der Waals surface area (Å²) in [5.74, 6) is 0.354. The molecule has 0 unspecified atom stereocenters. The predicted octanol–water partition coefficient (Wildman–Crippen LogP) is 0.627. The van der Waals surface area contributed by atoms with Crippen molar-refractivity contribution in [3.05, 3.63) is 0 Å². The van der Waals surface area contributed by atoms with Crippen molar-refractivity contribution in [3.8, 4) is 0 Å². The Bertz CT molecular complexity index is 442. The third kappa shape index (κ3) is 4.48. The van der Waals surface area contributed by atoms with E-state index >= 15 is 0 Å². The highest BCUT2D eigenvalue weighted by Gasteiger charge is 2.30. The molecule has 0 aromatic rings. The van der Waals surface area contributed by atoms with E-state index < -0.39 is 0 Å². The molecule has 6 heteroatoms. The summed E-state index contributed by atoms with van der Waals surface area (Å²) in [5, 5.41) is 0. The number of amides is 2. The summed E-state index contributed by atoms with van der Waals surface area (Å²) in [4.78, 5) is 32.8. The van der Waals surface area contributed by atoms with E-state index in [1.165, 1.54) is 45.2 Å². The van der Waals surface area contributed by atoms with Gasteiger partial charge in [0, 0.05) is 45.7 Å². The zero-order valence-electron chi connectivity index (χ0n) is 15.1. The van der Waals surface area contributed by atoms with Crippen LogP contribution in [0.5, 0.6) is 0 Å². The first-order valence-corrected chi connectivity index (χ1v) is 9.63. The van der Waals surface area contributed by atoms with Crippen molar-refractivity contribution in [2.45, 2.75) is 45.1 Å². The second-order valence-electron chi connectivity index (χ2n) is 7.51. The zero-order chi connectivity index (χ0) is 16.9. The normalized spacial score (nSPS) is 26.8. The molecule has 0 radical (unpaired) electrons. The Labute approximate surface area is 145 Å². The second-order valence-corrected chi connectivity index (χ2v) is 7.51. The number of rotatable bonds is 4. The van der Waals surface area contributed by atoms with Gasteiger partial charge in [0.25, 0.3) is 0 Å². The molecule has 24 heavy (non-hydrogen) atoms. The van der Waals surface area contributed by atoms with E-state index in [-0.39, 0.29) is 11.8 Å². The van der Waals surface area contributed by atoms with Crippen LogP contribution in [0.4, 0.5) is 0 Å². The van der Waals surface area contributed by atoms with Crippen LogP contribution < -0.4 is 0 Å². The number of carbonyl (C=O) groups excluding carboxylic acids is 2. The first-order valence-electron chi connectivity index (χ1n) is 9.63. The van der Waals surface area contributed by atoms with E-state index in [1.54, 1.807) is 6.92 Å². The topological polar surface area (TPSA) is 47.1 Å². The minimum Gasteiger partial charge on any atom is -0.339 e. The standard InChI is InChI=1S/C18H32N4O2/c1-16(23)20-10-12-21(13-11-20)18(24)15-22-9-5-6-17(22)14-19-7-3-2-4-8-19/h17H,2-15H2,1H3/t17-/m0/s1. The summed E-state index contributed by atoms with van der Waals surface area (Å²) in [5.41, 5.74) is 0. The maximum Gasteiger partial charge on any atom is 0.236 e. The summed E-state index contributed by atoms with van der Waals surface area (Å²) < 4.78 is 0. The molecule has 0 aliphatic carbocycles. The van der Waals surface area contributed by atoms with E-state index in [9.17, 15) is 9.59 Å². The van der Waals surface area contributed by atoms with Gasteiger partial charge < -0.3 is 14.7 Å². The van der Waals surface area contributed by atoms with E-state index in [4.69, 9.17) is 0 Å². The van der Waals surface area contributed by atoms with Gasteiger partial charge in [0.1, 0.15) is 0 Å². The molecule has 136 valence electrons. The summed E-state index contributed by atoms with van der Waals surface area (Å²) >= 11 is 0. The van der Waals surface area contributed by atoms with Crippen molar-refractivity contribution in [2.75, 3.05) is 58.9 Å². The maximum absolute atomic E-state index is 12.6. The molecule has 3 aliphatic rings. The summed E-state index contributed by atoms with van der Waals surface area (Å²) in [6.45, 7) is 9.52. The van der Waals surface area contributed by atoms with E-state index in [0.29, 0.717) is 38.8 Å². The van der Waals surface area contributed by atoms with Gasteiger partial charge >= 0.3 is 0 Å². The highest BCUT2D eigenvalue weighted by molar-refractivity contribution is 5.79. The van der Waals surface area contributed by atoms with Gasteiger partial charge in [-0.3, -0.25) is 14.5 Å². The van der Waals surface area contributed by atoms with Gasteiger partial charge in [0.05, 0.1) is 6.54 Å². The minimum atomic E-state index is 0.114. The van der Waals surface area contributed by atoms with Crippen LogP contribution in [0.1, 0.15) is 39.0 Å². The van der Waals surface area contributed by atoms with Crippen molar-refractivity contribution in [1.82, 2.24) is 19.6 Å². The van der Waals surface area contributed by atoms with Crippen LogP contribution in [0.25, 0.3) is 0 Å². The van der Waals surface area contributed by atoms with Gasteiger partial charge in [-0.1, -0.05) is 6.42 Å². The van der Waals surface area contributed by atoms with Crippen molar-refractivity contribution < 1.29 is 9.59 Å². The highest BCUT2D eigenvalue weighted by Crippen LogP contribution is 2.20. The van der Waals surface area contributed by atoms with Crippen LogP contribution in [0, 0.1) is 0 Å². The molecule has 0 aromatic carbocycles. The Hall–Kier alpha value is -1.14. The fraction of sp³-hybridized carbons (Fsp3) is 0.889. The Balaban J connectivity index is 1.45. The second kappa shape index (κ2) is 8.30. The lowest BCUT2D eigenvalue weighted by molar-refractivity contribution is -0.139. The monoisotopic (exact) mass is 336 g/mol. The van der Waals surface area contributed by atoms with Gasteiger partial charge in [-0.05, 0) is 45.3 Å². The molecule has 3 saturated heterocycles. The largest absolute Gasteiger partial charge is 0.339 e. The van der Waals surface area contributed by atoms with Crippen molar-refractivity contribution >= 4 is 11.8 Å². The number of nitrogens with zero attached hydrogens (tertiary/aromatic N) is 4. The van der Waals surface area contributed by atoms with Crippen LogP contribution in [-0.4, -0.2) is 96.4 Å². The number of piperazine rings is 1. The summed E-state index contributed by atoms with van der Waals surface area (Å²) in [6.07, 6.45) is 6.46. The molecule has 0 aromatic heterocycles. The molecule has 3 rings (SSSR count). The molecule has 1 atom stereocenters. The molecule has 3 heterocycles. The quantitative estimate of drug-likeness (QED) is 0.755. The SMILES string of the molecule is CC(=O)N1CCN(C(=O)CN2CCC[C@H]2CN2CCCCC2)CC1. The molecular formula is C18H32N4O2. The molecule has 0 saturated carbocycles. The summed E-state index contributed by atoms with van der Waals surface area (Å²) in [6, 6.07) is 0.547. The lowest BCUT2D eigenvalue weighted by atomic mass is 10.1. The number of carbonyl (C=O) groups is 2. The van der Waals surface area contributed by atoms with Crippen LogP contribution >= 0.6 is 0 Å². The number of hydrogen-bond donors (Lipinski definition) is 0. The third-order valence-corrected chi connectivity index (χ3v) is 5.83. The molecule has 3 fully saturated rings. The Morgan fingerprint density at radius 1 is 0.833 bits per heavy atom. The molecular weight excluding hydrogens is 304 g/mol. The van der Waals surface area contributed by atoms with Crippen molar-refractivity contribution in [2.24, 2.45) is 0 Å². The Morgan fingerprint density at radius 2 is 1.50 bits per heavy atom. The molecule has 0 spiro atoms. The molecule has 6 nitrogen and oxygen atoms in total. The highest BCUT2D eigenvalue weighted by atomic mass is 16.2. The number of likely N-dealkylation sites (tertiary alicyclic amines) is 2. The first kappa shape index (κ1) is 17.7. The summed E-state index contributed by atoms with van der Waals surface area (Å²) in [7, 11) is 0. The van der Waals surface area contributed by atoms with Crippen molar-refractivity contribution in [1.29, 1.82) is 0 Å². The average Bonchev–Trinajstić information content (AvgIpc) is 3.02. The fourth-order valence-electron chi connectivity index (χ4n) is 4.29. The molecule has 2 amide bonds. The zero-order valence-corrected chi connectivity index (χ0v) is 15.1. The smallest absolute Gasteiger partial charge is 0.236 e. The predicted molar refractivity (Wildman–Crippen MR) is 93.7 cm³/mol. The Morgan fingerprint density at radius 3 is 2.17 bits per heavy atom. The van der Waals surface area contributed by atoms with E-state index in [1.807, 2.05) is 9.80 Å². The van der Waals surface area contributed by atoms with E-state index in [2.05, 4.69) is 9.80 Å². The van der Waals surface area contributed by atoms with Crippen LogP contribution in [0.3, 0.4) is 0 Å². The average molecular weight is 336 g/mol. The third-order valence-electron chi connectivity index (χ3n) is 5.83. The number of hydrogen-bond acceptors (Lipinski definition) is 4. The van der Waals surface area contributed by atoms with Crippen LogP contribution in [-0.2, 0) is 9.59 Å². The minimum absolute atomic E-state index is 0.114. The Kier molecular flexibility index (Phi) is 6.11. The van der Waals surface area contributed by atoms with Gasteiger partial charge in [-0.2, -0.15) is 0 Å². The van der Waals surface area contributed by atoms with Crippen molar-refractivity contribution in [3.63, 3.8) is 0 Å². The van der Waals surface area contributed by atoms with Gasteiger partial charge in [-0.25, -0.2) is 0 Å². The van der Waals surface area contributed by atoms with Gasteiger partial charge in [-0.15, -0.1) is 0 Å². The molecule has 0 bridgehead atoms. The molecule has 0 N–H and O–H groups in total. The first-order chi connectivity index (χ1) is 11.6.